The first-order valence-corrected chi connectivity index (χ1v) is 12.8. The summed E-state index contributed by atoms with van der Waals surface area (Å²) in [7, 11) is 0. The number of phenols is 1. The topological polar surface area (TPSA) is 72.3 Å². The zero-order valence-electron chi connectivity index (χ0n) is 21.5. The molecule has 0 amide bonds. The van der Waals surface area contributed by atoms with Crippen LogP contribution in [-0.2, 0) is 0 Å². The lowest BCUT2D eigenvalue weighted by molar-refractivity contribution is 0.477. The van der Waals surface area contributed by atoms with Gasteiger partial charge in [-0.1, -0.05) is 121 Å². The molecule has 0 aliphatic heterocycles. The summed E-state index contributed by atoms with van der Waals surface area (Å²) in [6.07, 6.45) is 0. The first-order chi connectivity index (χ1) is 19.1. The van der Waals surface area contributed by atoms with Gasteiger partial charge >= 0.3 is 0 Å². The lowest BCUT2D eigenvalue weighted by atomic mass is 9.87. The van der Waals surface area contributed by atoms with Gasteiger partial charge in [-0.25, -0.2) is 0 Å². The molecule has 39 heavy (non-hydrogen) atoms. The van der Waals surface area contributed by atoms with Gasteiger partial charge in [0.05, 0.1) is 0 Å². The van der Waals surface area contributed by atoms with Crippen LogP contribution in [0.25, 0.3) is 44.5 Å². The minimum Gasteiger partial charge on any atom is -0.507 e. The van der Waals surface area contributed by atoms with Crippen molar-refractivity contribution in [2.24, 2.45) is 0 Å². The Hall–Kier alpha value is -5.28. The van der Waals surface area contributed by atoms with Crippen LogP contribution in [0.4, 0.5) is 11.4 Å². The largest absolute Gasteiger partial charge is 0.507 e. The molecule has 6 aromatic rings. The van der Waals surface area contributed by atoms with Crippen molar-refractivity contribution < 1.29 is 5.11 Å². The van der Waals surface area contributed by atoms with E-state index in [0.29, 0.717) is 5.75 Å². The maximum absolute atomic E-state index is 10.7. The average molecular weight is 507 g/mol. The minimum atomic E-state index is 0.296. The van der Waals surface area contributed by atoms with Gasteiger partial charge in [-0.2, -0.15) is 0 Å². The highest BCUT2D eigenvalue weighted by atomic mass is 16.3. The van der Waals surface area contributed by atoms with Crippen molar-refractivity contribution in [3.63, 3.8) is 0 Å². The van der Waals surface area contributed by atoms with Gasteiger partial charge in [0.1, 0.15) is 5.75 Å². The third-order valence-electron chi connectivity index (χ3n) is 6.55. The normalized spacial score (nSPS) is 10.4. The van der Waals surface area contributed by atoms with Crippen molar-refractivity contribution >= 4 is 11.4 Å². The summed E-state index contributed by atoms with van der Waals surface area (Å²) >= 11 is 0. The molecule has 0 radical (unpaired) electrons. The summed E-state index contributed by atoms with van der Waals surface area (Å²) in [5, 5.41) is 10.7. The molecule has 0 unspecified atom stereocenters. The molecule has 0 spiro atoms. The summed E-state index contributed by atoms with van der Waals surface area (Å²) in [5.41, 5.74) is 21.4. The van der Waals surface area contributed by atoms with Crippen molar-refractivity contribution in [3.05, 3.63) is 152 Å². The van der Waals surface area contributed by atoms with Gasteiger partial charge in [0, 0.05) is 22.5 Å². The summed E-state index contributed by atoms with van der Waals surface area (Å²) < 4.78 is 0. The average Bonchev–Trinajstić information content (AvgIpc) is 2.99. The predicted molar refractivity (Wildman–Crippen MR) is 165 cm³/mol. The summed E-state index contributed by atoms with van der Waals surface area (Å²) in [5.74, 6) is 0.296. The van der Waals surface area contributed by atoms with Crippen LogP contribution >= 0.6 is 0 Å². The van der Waals surface area contributed by atoms with Crippen LogP contribution in [0.15, 0.2) is 152 Å². The lowest BCUT2D eigenvalue weighted by Gasteiger charge is -2.17. The number of nitrogen functional groups attached to an aromatic ring is 2. The van der Waals surface area contributed by atoms with E-state index in [1.807, 2.05) is 121 Å². The third kappa shape index (κ3) is 6.00. The van der Waals surface area contributed by atoms with Crippen molar-refractivity contribution in [2.45, 2.75) is 0 Å². The van der Waals surface area contributed by atoms with Crippen LogP contribution in [0.5, 0.6) is 5.75 Å². The Kier molecular flexibility index (Phi) is 7.71. The number of hydrogen-bond acceptors (Lipinski definition) is 3. The van der Waals surface area contributed by atoms with Crippen LogP contribution < -0.4 is 11.5 Å². The molecule has 5 N–H and O–H groups in total. The molecule has 0 bridgehead atoms. The third-order valence-corrected chi connectivity index (χ3v) is 6.55. The van der Waals surface area contributed by atoms with Crippen LogP contribution in [0.1, 0.15) is 0 Å². The molecule has 0 aliphatic carbocycles. The van der Waals surface area contributed by atoms with E-state index in [9.17, 15) is 5.11 Å². The highest BCUT2D eigenvalue weighted by Gasteiger charge is 2.17. The maximum Gasteiger partial charge on any atom is 0.124 e. The van der Waals surface area contributed by atoms with Gasteiger partial charge < -0.3 is 16.6 Å². The fraction of sp³-hybridized carbons (Fsp3) is 0. The van der Waals surface area contributed by atoms with E-state index in [2.05, 4.69) is 24.3 Å². The fourth-order valence-corrected chi connectivity index (χ4v) is 4.60. The molecule has 3 nitrogen and oxygen atoms in total. The number of aromatic hydroxyl groups is 1. The Bertz CT molecular complexity index is 1590. The molecule has 0 aliphatic rings. The number of nitrogens with two attached hydrogens (primary N) is 2. The van der Waals surface area contributed by atoms with Gasteiger partial charge in [0.15, 0.2) is 0 Å². The monoisotopic (exact) mass is 506 g/mol. The van der Waals surface area contributed by atoms with E-state index in [4.69, 9.17) is 11.5 Å². The Balaban J connectivity index is 0.000000186. The van der Waals surface area contributed by atoms with E-state index in [0.717, 1.165) is 55.9 Å². The summed E-state index contributed by atoms with van der Waals surface area (Å²) in [4.78, 5) is 0. The molecule has 0 saturated heterocycles. The highest BCUT2D eigenvalue weighted by Crippen LogP contribution is 2.44. The van der Waals surface area contributed by atoms with E-state index in [1.165, 1.54) is 0 Å². The van der Waals surface area contributed by atoms with Crippen molar-refractivity contribution in [1.29, 1.82) is 0 Å². The standard InChI is InChI=1S/C24H18O.C12H12N2/c25-22-17-16-21(18-10-4-1-5-11-18)23(19-12-6-2-7-13-19)24(22)20-14-8-3-9-15-20;13-11-5-1-9(2-6-11)10-3-7-12(14)8-4-10/h1-17,25H;1-8H,13-14H2. The Morgan fingerprint density at radius 3 is 1.15 bits per heavy atom. The predicted octanol–water partition coefficient (Wildman–Crippen LogP) is 8.91. The first kappa shape index (κ1) is 25.4. The van der Waals surface area contributed by atoms with Gasteiger partial charge in [-0.05, 0) is 63.7 Å². The van der Waals surface area contributed by atoms with Crippen LogP contribution in [0.2, 0.25) is 0 Å². The van der Waals surface area contributed by atoms with E-state index < -0.39 is 0 Å². The van der Waals surface area contributed by atoms with Gasteiger partial charge in [-0.3, -0.25) is 0 Å². The van der Waals surface area contributed by atoms with Crippen LogP contribution in [0, 0.1) is 0 Å². The lowest BCUT2D eigenvalue weighted by Crippen LogP contribution is -1.91. The molecular weight excluding hydrogens is 476 g/mol. The Morgan fingerprint density at radius 2 is 0.718 bits per heavy atom. The van der Waals surface area contributed by atoms with Crippen molar-refractivity contribution in [2.75, 3.05) is 11.5 Å². The molecule has 0 heterocycles. The first-order valence-electron chi connectivity index (χ1n) is 12.8. The Labute approximate surface area is 229 Å². The molecule has 0 saturated carbocycles. The van der Waals surface area contributed by atoms with Crippen LogP contribution in [0.3, 0.4) is 0 Å². The molecule has 3 heteroatoms. The number of anilines is 2. The zero-order chi connectivity index (χ0) is 27.0. The number of hydrogen-bond donors (Lipinski definition) is 3. The summed E-state index contributed by atoms with van der Waals surface area (Å²) in [6.45, 7) is 0. The van der Waals surface area contributed by atoms with E-state index in [1.54, 1.807) is 6.07 Å². The second kappa shape index (κ2) is 11.8. The minimum absolute atomic E-state index is 0.296. The van der Waals surface area contributed by atoms with Gasteiger partial charge in [0.25, 0.3) is 0 Å². The maximum atomic E-state index is 10.7. The quantitative estimate of drug-likeness (QED) is 0.209. The molecular formula is C36H30N2O. The molecule has 6 aromatic carbocycles. The molecule has 6 rings (SSSR count). The Morgan fingerprint density at radius 1 is 0.333 bits per heavy atom. The van der Waals surface area contributed by atoms with Crippen molar-refractivity contribution in [1.82, 2.24) is 0 Å². The SMILES string of the molecule is Nc1ccc(-c2ccc(N)cc2)cc1.Oc1ccc(-c2ccccc2)c(-c2ccccc2)c1-c1ccccc1. The molecule has 0 fully saturated rings. The van der Waals surface area contributed by atoms with E-state index in [-0.39, 0.29) is 0 Å². The molecule has 0 atom stereocenters. The van der Waals surface area contributed by atoms with E-state index >= 15 is 0 Å². The smallest absolute Gasteiger partial charge is 0.124 e. The highest BCUT2D eigenvalue weighted by molar-refractivity contribution is 5.97. The van der Waals surface area contributed by atoms with Gasteiger partial charge in [-0.15, -0.1) is 0 Å². The number of benzene rings is 6. The molecule has 190 valence electrons. The number of rotatable bonds is 4. The second-order valence-electron chi connectivity index (χ2n) is 9.22. The summed E-state index contributed by atoms with van der Waals surface area (Å²) in [6, 6.07) is 50.0. The van der Waals surface area contributed by atoms with Crippen molar-refractivity contribution in [3.8, 4) is 50.3 Å². The number of phenolic OH excluding ortho intramolecular Hbond substituents is 1. The zero-order valence-corrected chi connectivity index (χ0v) is 21.5. The fourth-order valence-electron chi connectivity index (χ4n) is 4.60. The second-order valence-corrected chi connectivity index (χ2v) is 9.22. The molecule has 0 aromatic heterocycles. The van der Waals surface area contributed by atoms with Crippen LogP contribution in [-0.4, -0.2) is 5.11 Å². The van der Waals surface area contributed by atoms with Gasteiger partial charge in [0.2, 0.25) is 0 Å².